The van der Waals surface area contributed by atoms with E-state index >= 15 is 0 Å². The predicted octanol–water partition coefficient (Wildman–Crippen LogP) is -0.302. The molecule has 0 aromatic rings. The van der Waals surface area contributed by atoms with Gasteiger partial charge in [0.2, 0.25) is 0 Å². The van der Waals surface area contributed by atoms with Crippen molar-refractivity contribution in [3.63, 3.8) is 0 Å². The first-order chi connectivity index (χ1) is 3.15. The second kappa shape index (κ2) is 15.8. The Kier molecular flexibility index (Phi) is 31.8. The van der Waals surface area contributed by atoms with E-state index in [-0.39, 0.29) is 41.9 Å². The van der Waals surface area contributed by atoms with Crippen LogP contribution in [0.15, 0.2) is 0 Å². The quantitative estimate of drug-likeness (QED) is 0.227. The molecule has 48 valence electrons. The molecule has 0 saturated heterocycles. The molecule has 0 aliphatic carbocycles. The van der Waals surface area contributed by atoms with Crippen LogP contribution in [0.1, 0.15) is 0 Å². The van der Waals surface area contributed by atoms with Gasteiger partial charge in [0.15, 0.2) is 12.3 Å². The van der Waals surface area contributed by atoms with Crippen molar-refractivity contribution in [1.82, 2.24) is 0 Å². The number of hydrogen-bond donors (Lipinski definition) is 4. The van der Waals surface area contributed by atoms with Crippen molar-refractivity contribution < 1.29 is 22.4 Å². The third-order valence-electron chi connectivity index (χ3n) is 0. The minimum atomic E-state index is -2.61. The molecule has 0 atom stereocenters. The summed E-state index contributed by atoms with van der Waals surface area (Å²) in [7, 11) is 0. The van der Waals surface area contributed by atoms with Crippen molar-refractivity contribution in [2.24, 2.45) is 0 Å². The van der Waals surface area contributed by atoms with Crippen LogP contribution in [-0.2, 0) is 11.4 Å². The van der Waals surface area contributed by atoms with Gasteiger partial charge in [0.05, 0.1) is 0 Å². The monoisotopic (exact) mass is 172 g/mol. The van der Waals surface area contributed by atoms with E-state index in [1.54, 1.807) is 0 Å². The fourth-order valence-corrected chi connectivity index (χ4v) is 0. The Hall–Kier alpha value is 1.34. The molecule has 5 nitrogen and oxygen atoms in total. The molecule has 0 bridgehead atoms. The summed E-state index contributed by atoms with van der Waals surface area (Å²) in [5.41, 5.74) is 0. The Morgan fingerprint density at radius 2 is 1.25 bits per heavy atom. The molecular formula is H5NaO5S2. The summed E-state index contributed by atoms with van der Waals surface area (Å²) < 4.78 is 36.9. The summed E-state index contributed by atoms with van der Waals surface area (Å²) in [6.45, 7) is 0. The van der Waals surface area contributed by atoms with Crippen molar-refractivity contribution in [3.8, 4) is 0 Å². The Bertz CT molecular complexity index is 41.7. The fourth-order valence-electron chi connectivity index (χ4n) is 0. The average molecular weight is 172 g/mol. The van der Waals surface area contributed by atoms with Gasteiger partial charge >= 0.3 is 29.6 Å². The standard InChI is InChI=1S/Na.H2O3S.H2O2S.H/c;1-4(2)3;1-3-2;/h;(H2,1,2,3);1-2H;. The first-order valence-electron chi connectivity index (χ1n) is 0.897. The van der Waals surface area contributed by atoms with E-state index in [1.807, 2.05) is 0 Å². The molecule has 0 amide bonds. The molecule has 0 fully saturated rings. The molecule has 0 heterocycles. The van der Waals surface area contributed by atoms with E-state index in [0.29, 0.717) is 0 Å². The van der Waals surface area contributed by atoms with Crippen molar-refractivity contribution in [1.29, 1.82) is 0 Å². The number of hydrogen-bond acceptors (Lipinski definition) is 4. The topological polar surface area (TPSA) is 98.0 Å². The van der Waals surface area contributed by atoms with Gasteiger partial charge in [-0.15, -0.1) is 0 Å². The molecule has 8 heavy (non-hydrogen) atoms. The van der Waals surface area contributed by atoms with E-state index in [2.05, 4.69) is 0 Å². The fraction of sp³-hybridized carbons (Fsp3) is 0. The van der Waals surface area contributed by atoms with Crippen LogP contribution in [0.2, 0.25) is 0 Å². The van der Waals surface area contributed by atoms with E-state index in [9.17, 15) is 0 Å². The third-order valence-corrected chi connectivity index (χ3v) is 0. The van der Waals surface area contributed by atoms with Crippen molar-refractivity contribution in [2.45, 2.75) is 0 Å². The van der Waals surface area contributed by atoms with Crippen LogP contribution in [0.25, 0.3) is 0 Å². The number of rotatable bonds is 0. The van der Waals surface area contributed by atoms with E-state index in [0.717, 1.165) is 0 Å². The van der Waals surface area contributed by atoms with Crippen LogP contribution in [0.3, 0.4) is 0 Å². The average Bonchev–Trinajstić information content (AvgIpc) is 1.33. The summed E-state index contributed by atoms with van der Waals surface area (Å²) in [5, 5.41) is 0. The summed E-state index contributed by atoms with van der Waals surface area (Å²) >= 11 is -2.86. The van der Waals surface area contributed by atoms with Gasteiger partial charge in [0.25, 0.3) is 11.4 Å². The summed E-state index contributed by atoms with van der Waals surface area (Å²) in [5.74, 6) is 0. The van der Waals surface area contributed by atoms with Crippen LogP contribution < -0.4 is 0 Å². The van der Waals surface area contributed by atoms with Gasteiger partial charge in [-0.3, -0.25) is 9.11 Å². The Labute approximate surface area is 75.3 Å². The molecule has 0 spiro atoms. The summed E-state index contributed by atoms with van der Waals surface area (Å²) in [6.07, 6.45) is 0. The summed E-state index contributed by atoms with van der Waals surface area (Å²) in [6, 6.07) is 0. The van der Waals surface area contributed by atoms with Gasteiger partial charge in [0, 0.05) is 0 Å². The van der Waals surface area contributed by atoms with Gasteiger partial charge in [-0.1, -0.05) is 0 Å². The van der Waals surface area contributed by atoms with Gasteiger partial charge in [0.1, 0.15) is 0 Å². The molecular weight excluding hydrogens is 167 g/mol. The summed E-state index contributed by atoms with van der Waals surface area (Å²) in [4.78, 5) is 0. The zero-order chi connectivity index (χ0) is 6.28. The molecule has 0 saturated carbocycles. The minimum absolute atomic E-state index is 0. The van der Waals surface area contributed by atoms with Crippen LogP contribution in [0.5, 0.6) is 0 Å². The van der Waals surface area contributed by atoms with E-state index in [1.165, 1.54) is 0 Å². The second-order valence-electron chi connectivity index (χ2n) is 0.312. The van der Waals surface area contributed by atoms with Crippen LogP contribution in [0, 0.1) is 0 Å². The van der Waals surface area contributed by atoms with E-state index in [4.69, 9.17) is 22.4 Å². The van der Waals surface area contributed by atoms with Gasteiger partial charge in [-0.25, -0.2) is 0 Å². The molecule has 0 rings (SSSR count). The van der Waals surface area contributed by atoms with Crippen molar-refractivity contribution in [3.05, 3.63) is 0 Å². The Balaban J connectivity index is -0.0000000575. The van der Waals surface area contributed by atoms with Gasteiger partial charge < -0.3 is 9.11 Å². The normalized spacial score (nSPS) is 6.62. The van der Waals surface area contributed by atoms with Gasteiger partial charge in [-0.05, 0) is 0 Å². The first kappa shape index (κ1) is 16.2. The van der Waals surface area contributed by atoms with Crippen molar-refractivity contribution in [2.75, 3.05) is 0 Å². The zero-order valence-electron chi connectivity index (χ0n) is 3.01. The maximum atomic E-state index is 8.67. The van der Waals surface area contributed by atoms with E-state index < -0.39 is 11.4 Å². The Morgan fingerprint density at radius 1 is 1.25 bits per heavy atom. The molecule has 0 radical (unpaired) electrons. The SMILES string of the molecule is O=S(O)O.OSO.[NaH]. The molecule has 0 aromatic heterocycles. The molecule has 0 unspecified atom stereocenters. The van der Waals surface area contributed by atoms with Crippen molar-refractivity contribution >= 4 is 53.2 Å². The second-order valence-corrected chi connectivity index (χ2v) is 0.937. The molecule has 4 N–H and O–H groups in total. The van der Waals surface area contributed by atoms with Gasteiger partial charge in [-0.2, -0.15) is 4.21 Å². The maximum absolute atomic E-state index is 8.67. The third kappa shape index (κ3) is 164. The molecule has 0 aliphatic rings. The molecule has 0 aliphatic heterocycles. The Morgan fingerprint density at radius 3 is 1.25 bits per heavy atom. The first-order valence-corrected chi connectivity index (χ1v) is 2.69. The zero-order valence-corrected chi connectivity index (χ0v) is 4.65. The van der Waals surface area contributed by atoms with Crippen LogP contribution in [-0.4, -0.2) is 52.0 Å². The van der Waals surface area contributed by atoms with Crippen LogP contribution in [0.4, 0.5) is 0 Å². The van der Waals surface area contributed by atoms with Crippen LogP contribution >= 0.6 is 12.3 Å². The molecule has 0 aromatic carbocycles. The predicted molar refractivity (Wildman–Crippen MR) is 33.4 cm³/mol. The molecule has 8 heteroatoms.